The molecular weight excluding hydrogens is 196 g/mol. The van der Waals surface area contributed by atoms with Gasteiger partial charge in [-0.3, -0.25) is 4.90 Å². The normalized spacial score (nSPS) is 42.2. The van der Waals surface area contributed by atoms with E-state index in [0.29, 0.717) is 6.04 Å². The molecule has 1 aliphatic carbocycles. The fourth-order valence-corrected chi connectivity index (χ4v) is 3.63. The highest BCUT2D eigenvalue weighted by molar-refractivity contribution is 4.84. The van der Waals surface area contributed by atoms with E-state index in [4.69, 9.17) is 5.73 Å². The van der Waals surface area contributed by atoms with E-state index < -0.39 is 0 Å². The van der Waals surface area contributed by atoms with Gasteiger partial charge in [0.05, 0.1) is 0 Å². The van der Waals surface area contributed by atoms with Crippen molar-refractivity contribution in [3.63, 3.8) is 0 Å². The Morgan fingerprint density at radius 1 is 1.00 bits per heavy atom. The van der Waals surface area contributed by atoms with Crippen LogP contribution >= 0.6 is 0 Å². The smallest absolute Gasteiger partial charge is 0.00698 e. The standard InChI is InChI=1S/C14H28N2/c1-11-5-3-6-12(2)16(11)10-13-7-4-8-14(15)9-13/h11-14H,3-10,15H2,1-2H3. The molecule has 0 bridgehead atoms. The first-order valence-corrected chi connectivity index (χ1v) is 7.18. The Hall–Kier alpha value is -0.0800. The van der Waals surface area contributed by atoms with Crippen molar-refractivity contribution in [3.8, 4) is 0 Å². The van der Waals surface area contributed by atoms with Gasteiger partial charge >= 0.3 is 0 Å². The molecule has 0 spiro atoms. The fourth-order valence-electron chi connectivity index (χ4n) is 3.63. The van der Waals surface area contributed by atoms with Crippen molar-refractivity contribution in [2.45, 2.75) is 76.9 Å². The predicted molar refractivity (Wildman–Crippen MR) is 69.4 cm³/mol. The summed E-state index contributed by atoms with van der Waals surface area (Å²) in [5.74, 6) is 0.867. The summed E-state index contributed by atoms with van der Waals surface area (Å²) in [4.78, 5) is 2.74. The zero-order chi connectivity index (χ0) is 11.5. The van der Waals surface area contributed by atoms with Gasteiger partial charge in [0.25, 0.3) is 0 Å². The molecule has 2 fully saturated rings. The zero-order valence-electron chi connectivity index (χ0n) is 11.0. The largest absolute Gasteiger partial charge is 0.328 e. The maximum atomic E-state index is 6.08. The number of nitrogens with zero attached hydrogens (tertiary/aromatic N) is 1. The molecule has 2 nitrogen and oxygen atoms in total. The Morgan fingerprint density at radius 2 is 1.62 bits per heavy atom. The fraction of sp³-hybridized carbons (Fsp3) is 1.00. The summed E-state index contributed by atoms with van der Waals surface area (Å²) in [5.41, 5.74) is 6.08. The lowest BCUT2D eigenvalue weighted by molar-refractivity contribution is 0.0734. The molecule has 2 heteroatoms. The molecule has 4 unspecified atom stereocenters. The first kappa shape index (κ1) is 12.4. The Kier molecular flexibility index (Phi) is 4.26. The number of piperidine rings is 1. The molecule has 0 aromatic heterocycles. The summed E-state index contributed by atoms with van der Waals surface area (Å²) in [6.07, 6.45) is 9.47. The Balaban J connectivity index is 1.86. The van der Waals surface area contributed by atoms with E-state index in [2.05, 4.69) is 18.7 Å². The highest BCUT2D eigenvalue weighted by Gasteiger charge is 2.28. The molecule has 2 aliphatic rings. The van der Waals surface area contributed by atoms with Crippen molar-refractivity contribution in [1.82, 2.24) is 4.90 Å². The summed E-state index contributed by atoms with van der Waals surface area (Å²) in [6, 6.07) is 2.07. The van der Waals surface area contributed by atoms with Crippen LogP contribution in [0.25, 0.3) is 0 Å². The van der Waals surface area contributed by atoms with Gasteiger partial charge in [-0.15, -0.1) is 0 Å². The van der Waals surface area contributed by atoms with Gasteiger partial charge in [-0.05, 0) is 51.9 Å². The summed E-state index contributed by atoms with van der Waals surface area (Å²) >= 11 is 0. The van der Waals surface area contributed by atoms with Crippen molar-refractivity contribution in [3.05, 3.63) is 0 Å². The highest BCUT2D eigenvalue weighted by Crippen LogP contribution is 2.29. The first-order valence-electron chi connectivity index (χ1n) is 7.18. The second kappa shape index (κ2) is 5.50. The third-order valence-electron chi connectivity index (χ3n) is 4.67. The lowest BCUT2D eigenvalue weighted by Crippen LogP contribution is -2.47. The van der Waals surface area contributed by atoms with Crippen molar-refractivity contribution in [2.24, 2.45) is 11.7 Å². The van der Waals surface area contributed by atoms with Crippen LogP contribution in [0.15, 0.2) is 0 Å². The van der Waals surface area contributed by atoms with E-state index in [1.807, 2.05) is 0 Å². The van der Waals surface area contributed by atoms with E-state index in [0.717, 1.165) is 18.0 Å². The van der Waals surface area contributed by atoms with Crippen LogP contribution < -0.4 is 5.73 Å². The number of hydrogen-bond acceptors (Lipinski definition) is 2. The van der Waals surface area contributed by atoms with Gasteiger partial charge in [0.15, 0.2) is 0 Å². The van der Waals surface area contributed by atoms with Crippen LogP contribution in [0.1, 0.15) is 58.8 Å². The van der Waals surface area contributed by atoms with Gasteiger partial charge in [0.1, 0.15) is 0 Å². The molecule has 1 heterocycles. The van der Waals surface area contributed by atoms with Crippen LogP contribution in [-0.2, 0) is 0 Å². The average molecular weight is 224 g/mol. The molecular formula is C14H28N2. The quantitative estimate of drug-likeness (QED) is 0.781. The second-order valence-corrected chi connectivity index (χ2v) is 6.12. The van der Waals surface area contributed by atoms with Crippen LogP contribution in [0, 0.1) is 5.92 Å². The topological polar surface area (TPSA) is 29.3 Å². The molecule has 0 aromatic rings. The van der Waals surface area contributed by atoms with Gasteiger partial charge in [0.2, 0.25) is 0 Å². The number of hydrogen-bond donors (Lipinski definition) is 1. The van der Waals surface area contributed by atoms with Gasteiger partial charge in [-0.25, -0.2) is 0 Å². The molecule has 2 rings (SSSR count). The SMILES string of the molecule is CC1CCCC(C)N1CC1CCCC(N)C1. The molecule has 16 heavy (non-hydrogen) atoms. The molecule has 0 amide bonds. The van der Waals surface area contributed by atoms with Crippen molar-refractivity contribution in [1.29, 1.82) is 0 Å². The minimum Gasteiger partial charge on any atom is -0.328 e. The lowest BCUT2D eigenvalue weighted by atomic mass is 9.84. The Bertz CT molecular complexity index is 207. The number of nitrogens with two attached hydrogens (primary N) is 1. The lowest BCUT2D eigenvalue weighted by Gasteiger charge is -2.42. The zero-order valence-corrected chi connectivity index (χ0v) is 11.0. The summed E-state index contributed by atoms with van der Waals surface area (Å²) in [7, 11) is 0. The van der Waals surface area contributed by atoms with E-state index in [-0.39, 0.29) is 0 Å². The van der Waals surface area contributed by atoms with Gasteiger partial charge in [-0.1, -0.05) is 12.8 Å². The minimum atomic E-state index is 0.481. The first-order chi connectivity index (χ1) is 7.66. The maximum absolute atomic E-state index is 6.08. The van der Waals surface area contributed by atoms with Gasteiger partial charge < -0.3 is 5.73 Å². The van der Waals surface area contributed by atoms with Crippen LogP contribution in [0.2, 0.25) is 0 Å². The number of likely N-dealkylation sites (tertiary alicyclic amines) is 1. The molecule has 94 valence electrons. The average Bonchev–Trinajstić information content (AvgIpc) is 2.24. The molecule has 1 aliphatic heterocycles. The van der Waals surface area contributed by atoms with E-state index in [1.54, 1.807) is 0 Å². The van der Waals surface area contributed by atoms with Crippen molar-refractivity contribution < 1.29 is 0 Å². The van der Waals surface area contributed by atoms with Gasteiger partial charge in [0, 0.05) is 24.7 Å². The Labute approximate surface area is 101 Å². The van der Waals surface area contributed by atoms with Crippen LogP contribution in [0.3, 0.4) is 0 Å². The number of rotatable bonds is 2. The van der Waals surface area contributed by atoms with Crippen molar-refractivity contribution in [2.75, 3.05) is 6.54 Å². The van der Waals surface area contributed by atoms with Crippen LogP contribution in [0.5, 0.6) is 0 Å². The van der Waals surface area contributed by atoms with Crippen LogP contribution in [0.4, 0.5) is 0 Å². The minimum absolute atomic E-state index is 0.481. The van der Waals surface area contributed by atoms with Crippen molar-refractivity contribution >= 4 is 0 Å². The van der Waals surface area contributed by atoms with E-state index >= 15 is 0 Å². The molecule has 4 atom stereocenters. The monoisotopic (exact) mass is 224 g/mol. The second-order valence-electron chi connectivity index (χ2n) is 6.12. The van der Waals surface area contributed by atoms with Gasteiger partial charge in [-0.2, -0.15) is 0 Å². The Morgan fingerprint density at radius 3 is 2.25 bits per heavy atom. The third kappa shape index (κ3) is 2.98. The molecule has 2 N–H and O–H groups in total. The van der Waals surface area contributed by atoms with E-state index in [1.165, 1.54) is 51.5 Å². The molecule has 1 saturated heterocycles. The summed E-state index contributed by atoms with van der Waals surface area (Å²) in [5, 5.41) is 0. The van der Waals surface area contributed by atoms with Crippen LogP contribution in [-0.4, -0.2) is 29.6 Å². The molecule has 0 aromatic carbocycles. The molecule has 1 saturated carbocycles. The predicted octanol–water partition coefficient (Wildman–Crippen LogP) is 2.77. The van der Waals surface area contributed by atoms with E-state index in [9.17, 15) is 0 Å². The third-order valence-corrected chi connectivity index (χ3v) is 4.67. The summed E-state index contributed by atoms with van der Waals surface area (Å²) < 4.78 is 0. The highest BCUT2D eigenvalue weighted by atomic mass is 15.2. The maximum Gasteiger partial charge on any atom is 0.00698 e. The molecule has 0 radical (unpaired) electrons. The summed E-state index contributed by atoms with van der Waals surface area (Å²) in [6.45, 7) is 6.10.